The van der Waals surface area contributed by atoms with Crippen LogP contribution in [0.25, 0.3) is 0 Å². The maximum absolute atomic E-state index is 5.44. The summed E-state index contributed by atoms with van der Waals surface area (Å²) in [4.78, 5) is 0. The number of benzene rings is 1. The standard InChI is InChI=1S/C14H17N3O2/c1-15-14(10-6-7-16-17-9-10)12-5-4-11(18-2)8-13(12)19-3/h4-9,14-15H,1-3H3. The number of ether oxygens (including phenoxy) is 2. The van der Waals surface area contributed by atoms with E-state index in [1.54, 1.807) is 26.6 Å². The highest BCUT2D eigenvalue weighted by Gasteiger charge is 2.17. The summed E-state index contributed by atoms with van der Waals surface area (Å²) in [5.41, 5.74) is 2.06. The molecule has 0 bridgehead atoms. The van der Waals surface area contributed by atoms with Crippen molar-refractivity contribution >= 4 is 0 Å². The molecule has 5 heteroatoms. The second-order valence-electron chi connectivity index (χ2n) is 4.01. The van der Waals surface area contributed by atoms with E-state index in [0.717, 1.165) is 22.6 Å². The summed E-state index contributed by atoms with van der Waals surface area (Å²) < 4.78 is 10.6. The van der Waals surface area contributed by atoms with Crippen LogP contribution in [0.2, 0.25) is 0 Å². The maximum atomic E-state index is 5.44. The Hall–Kier alpha value is -2.14. The van der Waals surface area contributed by atoms with E-state index in [2.05, 4.69) is 15.5 Å². The molecule has 19 heavy (non-hydrogen) atoms. The predicted molar refractivity (Wildman–Crippen MR) is 72.5 cm³/mol. The normalized spacial score (nSPS) is 11.9. The highest BCUT2D eigenvalue weighted by atomic mass is 16.5. The van der Waals surface area contributed by atoms with Crippen LogP contribution in [0, 0.1) is 0 Å². The Labute approximate surface area is 112 Å². The van der Waals surface area contributed by atoms with Crippen molar-refractivity contribution in [3.05, 3.63) is 47.8 Å². The quantitative estimate of drug-likeness (QED) is 0.887. The summed E-state index contributed by atoms with van der Waals surface area (Å²) in [7, 11) is 5.18. The second kappa shape index (κ2) is 6.15. The molecule has 2 rings (SSSR count). The molecule has 0 fully saturated rings. The molecule has 100 valence electrons. The molecule has 1 atom stereocenters. The van der Waals surface area contributed by atoms with Crippen molar-refractivity contribution < 1.29 is 9.47 Å². The molecule has 2 aromatic rings. The summed E-state index contributed by atoms with van der Waals surface area (Å²) in [6, 6.07) is 7.69. The lowest BCUT2D eigenvalue weighted by molar-refractivity contribution is 0.388. The molecule has 0 aliphatic heterocycles. The Kier molecular flexibility index (Phi) is 4.30. The first kappa shape index (κ1) is 13.3. The topological polar surface area (TPSA) is 56.3 Å². The third kappa shape index (κ3) is 2.82. The fourth-order valence-corrected chi connectivity index (χ4v) is 2.03. The highest BCUT2D eigenvalue weighted by Crippen LogP contribution is 2.32. The minimum Gasteiger partial charge on any atom is -0.497 e. The fourth-order valence-electron chi connectivity index (χ4n) is 2.03. The molecule has 5 nitrogen and oxygen atoms in total. The molecule has 1 N–H and O–H groups in total. The van der Waals surface area contributed by atoms with E-state index < -0.39 is 0 Å². The van der Waals surface area contributed by atoms with Gasteiger partial charge in [0.1, 0.15) is 11.5 Å². The van der Waals surface area contributed by atoms with Crippen LogP contribution >= 0.6 is 0 Å². The van der Waals surface area contributed by atoms with Gasteiger partial charge in [0, 0.05) is 17.8 Å². The van der Waals surface area contributed by atoms with Gasteiger partial charge in [-0.1, -0.05) is 0 Å². The zero-order valence-corrected chi connectivity index (χ0v) is 11.3. The van der Waals surface area contributed by atoms with Gasteiger partial charge in [0.25, 0.3) is 0 Å². The lowest BCUT2D eigenvalue weighted by Crippen LogP contribution is -2.18. The van der Waals surface area contributed by atoms with Gasteiger partial charge in [-0.15, -0.1) is 0 Å². The summed E-state index contributed by atoms with van der Waals surface area (Å²) in [5, 5.41) is 11.0. The van der Waals surface area contributed by atoms with E-state index >= 15 is 0 Å². The zero-order valence-electron chi connectivity index (χ0n) is 11.3. The fraction of sp³-hybridized carbons (Fsp3) is 0.286. The van der Waals surface area contributed by atoms with Crippen LogP contribution in [-0.4, -0.2) is 31.5 Å². The van der Waals surface area contributed by atoms with Crippen LogP contribution in [0.1, 0.15) is 17.2 Å². The largest absolute Gasteiger partial charge is 0.497 e. The average Bonchev–Trinajstić information content (AvgIpc) is 2.49. The minimum absolute atomic E-state index is 0.00337. The first-order valence-electron chi connectivity index (χ1n) is 5.96. The molecule has 1 heterocycles. The van der Waals surface area contributed by atoms with Gasteiger partial charge >= 0.3 is 0 Å². The third-order valence-electron chi connectivity index (χ3n) is 2.98. The van der Waals surface area contributed by atoms with Crippen molar-refractivity contribution in [2.75, 3.05) is 21.3 Å². The van der Waals surface area contributed by atoms with Crippen molar-refractivity contribution in [2.24, 2.45) is 0 Å². The highest BCUT2D eigenvalue weighted by molar-refractivity contribution is 5.45. The smallest absolute Gasteiger partial charge is 0.127 e. The van der Waals surface area contributed by atoms with Gasteiger partial charge < -0.3 is 14.8 Å². The minimum atomic E-state index is -0.00337. The number of methoxy groups -OCH3 is 2. The van der Waals surface area contributed by atoms with Crippen molar-refractivity contribution in [3.63, 3.8) is 0 Å². The number of aromatic nitrogens is 2. The second-order valence-corrected chi connectivity index (χ2v) is 4.01. The molecule has 0 aliphatic carbocycles. The van der Waals surface area contributed by atoms with Crippen LogP contribution in [0.3, 0.4) is 0 Å². The van der Waals surface area contributed by atoms with E-state index in [1.165, 1.54) is 0 Å². The number of nitrogens with one attached hydrogen (secondary N) is 1. The molecular weight excluding hydrogens is 242 g/mol. The Morgan fingerprint density at radius 1 is 1.11 bits per heavy atom. The molecule has 1 aromatic heterocycles. The molecule has 0 aliphatic rings. The third-order valence-corrected chi connectivity index (χ3v) is 2.98. The van der Waals surface area contributed by atoms with Gasteiger partial charge in [-0.3, -0.25) is 0 Å². The van der Waals surface area contributed by atoms with Crippen LogP contribution in [-0.2, 0) is 0 Å². The summed E-state index contributed by atoms with van der Waals surface area (Å²) in [6.07, 6.45) is 3.42. The van der Waals surface area contributed by atoms with Crippen molar-refractivity contribution in [1.82, 2.24) is 15.5 Å². The number of hydrogen-bond donors (Lipinski definition) is 1. The molecule has 0 saturated heterocycles. The van der Waals surface area contributed by atoms with Gasteiger partial charge in [0.05, 0.1) is 26.5 Å². The molecule has 0 amide bonds. The van der Waals surface area contributed by atoms with Crippen LogP contribution in [0.4, 0.5) is 0 Å². The Morgan fingerprint density at radius 2 is 1.95 bits per heavy atom. The van der Waals surface area contributed by atoms with E-state index in [4.69, 9.17) is 9.47 Å². The van der Waals surface area contributed by atoms with Crippen LogP contribution in [0.5, 0.6) is 11.5 Å². The molecule has 0 saturated carbocycles. The number of hydrogen-bond acceptors (Lipinski definition) is 5. The maximum Gasteiger partial charge on any atom is 0.127 e. The Bertz CT molecular complexity index is 531. The van der Waals surface area contributed by atoms with Gasteiger partial charge in [-0.2, -0.15) is 10.2 Å². The van der Waals surface area contributed by atoms with Gasteiger partial charge in [-0.25, -0.2) is 0 Å². The first-order chi connectivity index (χ1) is 9.30. The summed E-state index contributed by atoms with van der Waals surface area (Å²) in [5.74, 6) is 1.54. The van der Waals surface area contributed by atoms with Crippen molar-refractivity contribution in [1.29, 1.82) is 0 Å². The van der Waals surface area contributed by atoms with Crippen molar-refractivity contribution in [2.45, 2.75) is 6.04 Å². The average molecular weight is 259 g/mol. The first-order valence-corrected chi connectivity index (χ1v) is 5.96. The van der Waals surface area contributed by atoms with Crippen LogP contribution in [0.15, 0.2) is 36.7 Å². The lowest BCUT2D eigenvalue weighted by atomic mass is 9.99. The SMILES string of the molecule is CNC(c1ccnnc1)c1ccc(OC)cc1OC. The monoisotopic (exact) mass is 259 g/mol. The van der Waals surface area contributed by atoms with E-state index in [0.29, 0.717) is 0 Å². The Balaban J connectivity index is 2.43. The molecule has 0 spiro atoms. The summed E-state index contributed by atoms with van der Waals surface area (Å²) >= 11 is 0. The summed E-state index contributed by atoms with van der Waals surface area (Å²) in [6.45, 7) is 0. The van der Waals surface area contributed by atoms with E-state index in [9.17, 15) is 0 Å². The van der Waals surface area contributed by atoms with Gasteiger partial charge in [0.2, 0.25) is 0 Å². The van der Waals surface area contributed by atoms with E-state index in [1.807, 2.05) is 31.3 Å². The molecular formula is C14H17N3O2. The number of rotatable bonds is 5. The van der Waals surface area contributed by atoms with Gasteiger partial charge in [-0.05, 0) is 30.8 Å². The molecule has 1 aromatic carbocycles. The van der Waals surface area contributed by atoms with Crippen molar-refractivity contribution in [3.8, 4) is 11.5 Å². The number of nitrogens with zero attached hydrogens (tertiary/aromatic N) is 2. The molecule has 0 radical (unpaired) electrons. The lowest BCUT2D eigenvalue weighted by Gasteiger charge is -2.19. The predicted octanol–water partition coefficient (Wildman–Crippen LogP) is 1.80. The van der Waals surface area contributed by atoms with E-state index in [-0.39, 0.29) is 6.04 Å². The van der Waals surface area contributed by atoms with Crippen LogP contribution < -0.4 is 14.8 Å². The molecule has 1 unspecified atom stereocenters. The van der Waals surface area contributed by atoms with Gasteiger partial charge in [0.15, 0.2) is 0 Å². The Morgan fingerprint density at radius 3 is 2.53 bits per heavy atom. The zero-order chi connectivity index (χ0) is 13.7.